The van der Waals surface area contributed by atoms with Crippen molar-refractivity contribution in [1.29, 1.82) is 0 Å². The van der Waals surface area contributed by atoms with Gasteiger partial charge in [-0.1, -0.05) is 36.4 Å². The molecule has 0 unspecified atom stereocenters. The Kier molecular flexibility index (Phi) is 14.0. The second-order valence-corrected chi connectivity index (χ2v) is 8.44. The number of phenols is 2. The van der Waals surface area contributed by atoms with Crippen LogP contribution in [-0.4, -0.2) is 45.5 Å². The highest BCUT2D eigenvalue weighted by Crippen LogP contribution is 2.28. The normalized spacial score (nSPS) is 16.9. The minimum Gasteiger partial charge on any atom is -0.508 e. The van der Waals surface area contributed by atoms with Gasteiger partial charge in [-0.3, -0.25) is 9.59 Å². The minimum absolute atomic E-state index is 0.374. The number of carboxylic acids is 2. The molecule has 0 aromatic heterocycles. The fraction of sp³-hybridized carbons (Fsp3) is 0.462. The second-order valence-electron chi connectivity index (χ2n) is 8.44. The Hall–Kier alpha value is -3.10. The van der Waals surface area contributed by atoms with Crippen molar-refractivity contribution < 1.29 is 30.0 Å². The fourth-order valence-electron chi connectivity index (χ4n) is 3.78. The number of phenolic OH excluding ortho intramolecular Hbond substituents is 2. The quantitative estimate of drug-likeness (QED) is 0.338. The maximum absolute atomic E-state index is 9.80. The molecule has 2 aromatic carbocycles. The molecule has 1 fully saturated rings. The lowest BCUT2D eigenvalue weighted by molar-refractivity contribution is -0.135. The number of carbonyl (C=O) groups is 2. The number of para-hydroxylation sites is 2. The standard InChI is InChI=1S/C22H30N2O2.2C2H4O2/c25-21-7-3-1-5-19(21)15-23-13-17-9-11-18(12-10-17)14-24-16-20-6-2-4-8-22(20)26;2*1-2(3)4/h1-8,17-18,23-26H,9-16H2;2*1H3,(H,3,4). The van der Waals surface area contributed by atoms with E-state index in [0.29, 0.717) is 11.5 Å². The predicted molar refractivity (Wildman–Crippen MR) is 132 cm³/mol. The highest BCUT2D eigenvalue weighted by molar-refractivity contribution is 5.63. The molecule has 0 atom stereocenters. The van der Waals surface area contributed by atoms with Gasteiger partial charge in [0.1, 0.15) is 11.5 Å². The molecule has 34 heavy (non-hydrogen) atoms. The molecule has 188 valence electrons. The monoisotopic (exact) mass is 474 g/mol. The van der Waals surface area contributed by atoms with Gasteiger partial charge >= 0.3 is 0 Å². The highest BCUT2D eigenvalue weighted by atomic mass is 16.4. The van der Waals surface area contributed by atoms with Crippen LogP contribution < -0.4 is 10.6 Å². The van der Waals surface area contributed by atoms with Crippen LogP contribution >= 0.6 is 0 Å². The molecular formula is C26H38N2O6. The van der Waals surface area contributed by atoms with Gasteiger partial charge in [0, 0.05) is 38.1 Å². The number of benzene rings is 2. The van der Waals surface area contributed by atoms with Crippen LogP contribution in [0.1, 0.15) is 50.7 Å². The molecule has 8 heteroatoms. The van der Waals surface area contributed by atoms with Gasteiger partial charge in [0.05, 0.1) is 0 Å². The summed E-state index contributed by atoms with van der Waals surface area (Å²) < 4.78 is 0. The second kappa shape index (κ2) is 16.5. The zero-order chi connectivity index (χ0) is 25.3. The molecule has 0 bridgehead atoms. The lowest BCUT2D eigenvalue weighted by Crippen LogP contribution is -2.30. The van der Waals surface area contributed by atoms with E-state index < -0.39 is 11.9 Å². The third kappa shape index (κ3) is 13.4. The highest BCUT2D eigenvalue weighted by Gasteiger charge is 2.20. The Labute approximate surface area is 201 Å². The van der Waals surface area contributed by atoms with Crippen molar-refractivity contribution in [1.82, 2.24) is 10.6 Å². The Balaban J connectivity index is 0.000000629. The van der Waals surface area contributed by atoms with Crippen molar-refractivity contribution in [2.45, 2.75) is 52.6 Å². The number of hydrogen-bond donors (Lipinski definition) is 6. The third-order valence-electron chi connectivity index (χ3n) is 5.45. The van der Waals surface area contributed by atoms with Crippen LogP contribution in [0.15, 0.2) is 48.5 Å². The Morgan fingerprint density at radius 3 is 1.29 bits per heavy atom. The minimum atomic E-state index is -0.833. The molecule has 1 saturated carbocycles. The zero-order valence-corrected chi connectivity index (χ0v) is 20.0. The van der Waals surface area contributed by atoms with E-state index in [1.165, 1.54) is 25.7 Å². The van der Waals surface area contributed by atoms with Crippen molar-refractivity contribution >= 4 is 11.9 Å². The van der Waals surface area contributed by atoms with Gasteiger partial charge in [-0.2, -0.15) is 0 Å². The van der Waals surface area contributed by atoms with Gasteiger partial charge in [0.25, 0.3) is 11.9 Å². The van der Waals surface area contributed by atoms with Gasteiger partial charge in [-0.15, -0.1) is 0 Å². The first-order valence-electron chi connectivity index (χ1n) is 11.5. The van der Waals surface area contributed by atoms with E-state index in [1.807, 2.05) is 36.4 Å². The van der Waals surface area contributed by atoms with E-state index in [1.54, 1.807) is 12.1 Å². The molecule has 0 aliphatic heterocycles. The van der Waals surface area contributed by atoms with E-state index in [2.05, 4.69) is 10.6 Å². The topological polar surface area (TPSA) is 139 Å². The Morgan fingerprint density at radius 1 is 0.706 bits per heavy atom. The fourth-order valence-corrected chi connectivity index (χ4v) is 3.78. The molecule has 0 heterocycles. The summed E-state index contributed by atoms with van der Waals surface area (Å²) >= 11 is 0. The average Bonchev–Trinajstić information content (AvgIpc) is 2.77. The van der Waals surface area contributed by atoms with Crippen molar-refractivity contribution in [3.8, 4) is 11.5 Å². The molecule has 6 N–H and O–H groups in total. The van der Waals surface area contributed by atoms with Crippen molar-refractivity contribution in [2.75, 3.05) is 13.1 Å². The van der Waals surface area contributed by atoms with E-state index in [0.717, 1.165) is 63.0 Å². The van der Waals surface area contributed by atoms with Crippen molar-refractivity contribution in [2.24, 2.45) is 11.8 Å². The smallest absolute Gasteiger partial charge is 0.300 e. The summed E-state index contributed by atoms with van der Waals surface area (Å²) in [4.78, 5) is 18.0. The van der Waals surface area contributed by atoms with E-state index in [4.69, 9.17) is 19.8 Å². The molecule has 3 rings (SSSR count). The first kappa shape index (κ1) is 28.9. The SMILES string of the molecule is CC(=O)O.CC(=O)O.Oc1ccccc1CNCC1CCC(CNCc2ccccc2O)CC1. The molecule has 0 spiro atoms. The van der Waals surface area contributed by atoms with Crippen LogP contribution in [-0.2, 0) is 22.7 Å². The summed E-state index contributed by atoms with van der Waals surface area (Å²) in [6.07, 6.45) is 5.04. The van der Waals surface area contributed by atoms with Crippen LogP contribution in [0.3, 0.4) is 0 Å². The van der Waals surface area contributed by atoms with Crippen LogP contribution in [0.4, 0.5) is 0 Å². The number of carboxylic acid groups (broad SMARTS) is 2. The summed E-state index contributed by atoms with van der Waals surface area (Å²) in [7, 11) is 0. The molecule has 0 radical (unpaired) electrons. The lowest BCUT2D eigenvalue weighted by atomic mass is 9.82. The number of nitrogens with one attached hydrogen (secondary N) is 2. The summed E-state index contributed by atoms with van der Waals surface area (Å²) in [6.45, 7) is 5.67. The van der Waals surface area contributed by atoms with E-state index in [-0.39, 0.29) is 0 Å². The summed E-state index contributed by atoms with van der Waals surface area (Å²) in [5, 5.41) is 41.4. The first-order chi connectivity index (χ1) is 16.2. The van der Waals surface area contributed by atoms with E-state index >= 15 is 0 Å². The van der Waals surface area contributed by atoms with Gasteiger partial charge in [-0.25, -0.2) is 0 Å². The lowest BCUT2D eigenvalue weighted by Gasteiger charge is -2.29. The molecule has 1 aliphatic rings. The number of rotatable bonds is 8. The van der Waals surface area contributed by atoms with Crippen molar-refractivity contribution in [3.63, 3.8) is 0 Å². The van der Waals surface area contributed by atoms with Gasteiger partial charge in [0.15, 0.2) is 0 Å². The predicted octanol–water partition coefficient (Wildman–Crippen LogP) is 3.97. The van der Waals surface area contributed by atoms with Gasteiger partial charge in [0.2, 0.25) is 0 Å². The van der Waals surface area contributed by atoms with Crippen LogP contribution in [0.2, 0.25) is 0 Å². The van der Waals surface area contributed by atoms with Crippen LogP contribution in [0.5, 0.6) is 11.5 Å². The first-order valence-corrected chi connectivity index (χ1v) is 11.5. The van der Waals surface area contributed by atoms with Gasteiger partial charge < -0.3 is 31.1 Å². The van der Waals surface area contributed by atoms with Crippen LogP contribution in [0.25, 0.3) is 0 Å². The Morgan fingerprint density at radius 2 is 1.00 bits per heavy atom. The van der Waals surface area contributed by atoms with Gasteiger partial charge in [-0.05, 0) is 62.7 Å². The number of aliphatic carboxylic acids is 2. The average molecular weight is 475 g/mol. The number of hydrogen-bond acceptors (Lipinski definition) is 6. The largest absolute Gasteiger partial charge is 0.508 e. The Bertz CT molecular complexity index is 786. The molecule has 0 amide bonds. The van der Waals surface area contributed by atoms with Crippen molar-refractivity contribution in [3.05, 3.63) is 59.7 Å². The summed E-state index contributed by atoms with van der Waals surface area (Å²) in [5.41, 5.74) is 1.93. The molecular weight excluding hydrogens is 436 g/mol. The molecule has 1 aliphatic carbocycles. The summed E-state index contributed by atoms with van der Waals surface area (Å²) in [6, 6.07) is 15.1. The van der Waals surface area contributed by atoms with E-state index in [9.17, 15) is 10.2 Å². The third-order valence-corrected chi connectivity index (χ3v) is 5.45. The molecule has 0 saturated heterocycles. The van der Waals surface area contributed by atoms with Crippen LogP contribution in [0, 0.1) is 11.8 Å². The number of aromatic hydroxyl groups is 2. The summed E-state index contributed by atoms with van der Waals surface area (Å²) in [5.74, 6) is 0.545. The molecule has 2 aromatic rings. The molecule has 8 nitrogen and oxygen atoms in total. The maximum atomic E-state index is 9.80. The maximum Gasteiger partial charge on any atom is 0.300 e. The zero-order valence-electron chi connectivity index (χ0n) is 20.0.